The first-order chi connectivity index (χ1) is 12.2. The summed E-state index contributed by atoms with van der Waals surface area (Å²) in [5, 5.41) is 8.23. The Morgan fingerprint density at radius 3 is 2.68 bits per heavy atom. The lowest BCUT2D eigenvalue weighted by atomic mass is 10.2. The van der Waals surface area contributed by atoms with Gasteiger partial charge in [0.05, 0.1) is 13.1 Å². The minimum Gasteiger partial charge on any atom is -0.339 e. The van der Waals surface area contributed by atoms with Crippen molar-refractivity contribution in [1.82, 2.24) is 30.1 Å². The summed E-state index contributed by atoms with van der Waals surface area (Å²) in [5.41, 5.74) is 0. The van der Waals surface area contributed by atoms with Crippen molar-refractivity contribution in [2.24, 2.45) is 0 Å². The molecule has 2 saturated carbocycles. The average molecular weight is 344 g/mol. The van der Waals surface area contributed by atoms with Crippen LogP contribution in [0.4, 0.5) is 0 Å². The van der Waals surface area contributed by atoms with Gasteiger partial charge in [-0.3, -0.25) is 9.80 Å². The molecule has 0 aromatic carbocycles. The maximum atomic E-state index is 5.40. The summed E-state index contributed by atoms with van der Waals surface area (Å²) in [6.07, 6.45) is 5.91. The third kappa shape index (κ3) is 3.46. The molecule has 25 heavy (non-hydrogen) atoms. The van der Waals surface area contributed by atoms with Crippen molar-refractivity contribution in [3.63, 3.8) is 0 Å². The Bertz CT molecular complexity index is 735. The number of nitrogens with zero attached hydrogens (tertiary/aromatic N) is 6. The molecular formula is C17H24N6O2. The smallest absolute Gasteiger partial charge is 0.240 e. The van der Waals surface area contributed by atoms with Gasteiger partial charge < -0.3 is 9.05 Å². The highest BCUT2D eigenvalue weighted by molar-refractivity contribution is 5.04. The number of likely N-dealkylation sites (N-methyl/N-ethyl adjacent to an activating group) is 1. The van der Waals surface area contributed by atoms with E-state index in [1.165, 1.54) is 25.7 Å². The van der Waals surface area contributed by atoms with E-state index < -0.39 is 0 Å². The normalized spacial score (nSPS) is 24.5. The van der Waals surface area contributed by atoms with Gasteiger partial charge >= 0.3 is 0 Å². The molecule has 0 amide bonds. The van der Waals surface area contributed by atoms with E-state index in [2.05, 4.69) is 37.1 Å². The predicted octanol–water partition coefficient (Wildman–Crippen LogP) is 1.91. The van der Waals surface area contributed by atoms with Crippen molar-refractivity contribution in [1.29, 1.82) is 0 Å². The van der Waals surface area contributed by atoms with Crippen LogP contribution in [0.25, 0.3) is 0 Å². The monoisotopic (exact) mass is 344 g/mol. The Morgan fingerprint density at radius 2 is 1.88 bits per heavy atom. The van der Waals surface area contributed by atoms with Crippen molar-refractivity contribution >= 4 is 0 Å². The number of hydrogen-bond acceptors (Lipinski definition) is 8. The van der Waals surface area contributed by atoms with Crippen LogP contribution < -0.4 is 0 Å². The minimum absolute atomic E-state index is 0.494. The molecule has 0 bridgehead atoms. The lowest BCUT2D eigenvalue weighted by molar-refractivity contribution is 0.206. The summed E-state index contributed by atoms with van der Waals surface area (Å²) < 4.78 is 10.8. The van der Waals surface area contributed by atoms with E-state index in [-0.39, 0.29) is 0 Å². The topological polar surface area (TPSA) is 84.3 Å². The van der Waals surface area contributed by atoms with Crippen LogP contribution in [0.3, 0.4) is 0 Å². The van der Waals surface area contributed by atoms with Gasteiger partial charge in [0, 0.05) is 31.0 Å². The van der Waals surface area contributed by atoms with Crippen LogP contribution in [-0.4, -0.2) is 56.3 Å². The molecule has 8 heteroatoms. The quantitative estimate of drug-likeness (QED) is 0.753. The van der Waals surface area contributed by atoms with E-state index in [1.807, 2.05) is 0 Å². The number of rotatable bonds is 7. The molecule has 2 aliphatic carbocycles. The predicted molar refractivity (Wildman–Crippen MR) is 87.7 cm³/mol. The molecule has 2 aromatic rings. The van der Waals surface area contributed by atoms with Crippen LogP contribution in [0, 0.1) is 0 Å². The number of likely N-dealkylation sites (tertiary alicyclic amines) is 1. The van der Waals surface area contributed by atoms with Crippen LogP contribution in [0.1, 0.15) is 67.4 Å². The number of aromatic nitrogens is 4. The van der Waals surface area contributed by atoms with Gasteiger partial charge in [-0.05, 0) is 39.2 Å². The zero-order valence-corrected chi connectivity index (χ0v) is 14.6. The molecule has 134 valence electrons. The van der Waals surface area contributed by atoms with E-state index in [4.69, 9.17) is 9.05 Å². The molecular weight excluding hydrogens is 320 g/mol. The lowest BCUT2D eigenvalue weighted by Crippen LogP contribution is -2.34. The average Bonchev–Trinajstić information content (AvgIpc) is 3.50. The Balaban J connectivity index is 1.13. The molecule has 8 nitrogen and oxygen atoms in total. The van der Waals surface area contributed by atoms with Crippen LogP contribution >= 0.6 is 0 Å². The van der Waals surface area contributed by atoms with Crippen molar-refractivity contribution in [2.75, 3.05) is 20.1 Å². The highest BCUT2D eigenvalue weighted by Crippen LogP contribution is 2.39. The summed E-state index contributed by atoms with van der Waals surface area (Å²) in [6.45, 7) is 3.54. The highest BCUT2D eigenvalue weighted by atomic mass is 16.5. The summed E-state index contributed by atoms with van der Waals surface area (Å²) in [5.74, 6) is 4.32. The van der Waals surface area contributed by atoms with Crippen LogP contribution in [0.15, 0.2) is 9.05 Å². The molecule has 0 unspecified atom stereocenters. The lowest BCUT2D eigenvalue weighted by Gasteiger charge is -2.22. The van der Waals surface area contributed by atoms with Gasteiger partial charge in [0.25, 0.3) is 0 Å². The summed E-state index contributed by atoms with van der Waals surface area (Å²) in [4.78, 5) is 13.8. The van der Waals surface area contributed by atoms with Crippen LogP contribution in [0.2, 0.25) is 0 Å². The van der Waals surface area contributed by atoms with Gasteiger partial charge in [-0.25, -0.2) is 0 Å². The first kappa shape index (κ1) is 15.5. The fourth-order valence-electron chi connectivity index (χ4n) is 3.53. The Morgan fingerprint density at radius 1 is 1.04 bits per heavy atom. The van der Waals surface area contributed by atoms with Crippen molar-refractivity contribution in [2.45, 2.75) is 63.1 Å². The Kier molecular flexibility index (Phi) is 3.82. The molecule has 1 saturated heterocycles. The van der Waals surface area contributed by atoms with Gasteiger partial charge in [0.1, 0.15) is 0 Å². The molecule has 3 heterocycles. The second-order valence-electron chi connectivity index (χ2n) is 7.74. The van der Waals surface area contributed by atoms with E-state index in [0.29, 0.717) is 17.9 Å². The second-order valence-corrected chi connectivity index (χ2v) is 7.74. The van der Waals surface area contributed by atoms with Crippen molar-refractivity contribution in [3.8, 4) is 0 Å². The Hall–Kier alpha value is -1.80. The van der Waals surface area contributed by atoms with E-state index in [1.54, 1.807) is 0 Å². The minimum atomic E-state index is 0.494. The maximum Gasteiger partial charge on any atom is 0.240 e. The zero-order valence-electron chi connectivity index (χ0n) is 14.6. The molecule has 0 N–H and O–H groups in total. The van der Waals surface area contributed by atoms with E-state index >= 15 is 0 Å². The van der Waals surface area contributed by atoms with Crippen LogP contribution in [-0.2, 0) is 13.1 Å². The molecule has 5 rings (SSSR count). The molecule has 2 aromatic heterocycles. The SMILES string of the molecule is CN(Cc1noc(C2CC2)n1)[C@H]1CCN(Cc2nc(C3CC3)no2)C1. The summed E-state index contributed by atoms with van der Waals surface area (Å²) in [7, 11) is 2.14. The van der Waals surface area contributed by atoms with Crippen molar-refractivity contribution < 1.29 is 9.05 Å². The van der Waals surface area contributed by atoms with Gasteiger partial charge in [-0.1, -0.05) is 10.3 Å². The standard InChI is InChI=1S/C17H24N6O2/c1-22(9-14-18-17(25-20-14)12-4-5-12)13-6-7-23(8-13)10-15-19-16(21-24-15)11-2-3-11/h11-13H,2-10H2,1H3/t13-/m0/s1. The molecule has 0 radical (unpaired) electrons. The largest absolute Gasteiger partial charge is 0.339 e. The third-order valence-corrected chi connectivity index (χ3v) is 5.46. The van der Waals surface area contributed by atoms with E-state index in [9.17, 15) is 0 Å². The molecule has 0 spiro atoms. The first-order valence-corrected chi connectivity index (χ1v) is 9.32. The van der Waals surface area contributed by atoms with Crippen LogP contribution in [0.5, 0.6) is 0 Å². The molecule has 1 atom stereocenters. The van der Waals surface area contributed by atoms with Gasteiger partial charge in [-0.15, -0.1) is 0 Å². The third-order valence-electron chi connectivity index (χ3n) is 5.46. The van der Waals surface area contributed by atoms with Crippen molar-refractivity contribution in [3.05, 3.63) is 23.4 Å². The number of hydrogen-bond donors (Lipinski definition) is 0. The van der Waals surface area contributed by atoms with Gasteiger partial charge in [0.15, 0.2) is 11.6 Å². The Labute approximate surface area is 146 Å². The zero-order chi connectivity index (χ0) is 16.8. The molecule has 3 fully saturated rings. The molecule has 3 aliphatic rings. The first-order valence-electron chi connectivity index (χ1n) is 9.32. The fraction of sp³-hybridized carbons (Fsp3) is 0.765. The second kappa shape index (κ2) is 6.17. The summed E-state index contributed by atoms with van der Waals surface area (Å²) >= 11 is 0. The molecule has 1 aliphatic heterocycles. The van der Waals surface area contributed by atoms with Gasteiger partial charge in [-0.2, -0.15) is 9.97 Å². The van der Waals surface area contributed by atoms with Gasteiger partial charge in [0.2, 0.25) is 11.8 Å². The summed E-state index contributed by atoms with van der Waals surface area (Å²) in [6, 6.07) is 0.494. The highest BCUT2D eigenvalue weighted by Gasteiger charge is 2.32. The fourth-order valence-corrected chi connectivity index (χ4v) is 3.53. The van der Waals surface area contributed by atoms with E-state index in [0.717, 1.165) is 56.0 Å². The maximum absolute atomic E-state index is 5.40.